The molecule has 0 aromatic carbocycles. The fourth-order valence-corrected chi connectivity index (χ4v) is 3.88. The third-order valence-electron chi connectivity index (χ3n) is 2.57. The van der Waals surface area contributed by atoms with Gasteiger partial charge in [0.25, 0.3) is 0 Å². The SMILES string of the molecule is CCOP(=O)(C[C@@H](CC(C)C)NC(=O)OC(C)(C)C)OCC. The second-order valence-electron chi connectivity index (χ2n) is 6.60. The summed E-state index contributed by atoms with van der Waals surface area (Å²) in [5.74, 6) is 0.330. The third kappa shape index (κ3) is 10.2. The van der Waals surface area contributed by atoms with Crippen molar-refractivity contribution in [3.63, 3.8) is 0 Å². The van der Waals surface area contributed by atoms with Crippen molar-refractivity contribution in [3.05, 3.63) is 0 Å². The lowest BCUT2D eigenvalue weighted by atomic mass is 10.1. The number of alkyl carbamates (subject to hydrolysis) is 1. The smallest absolute Gasteiger partial charge is 0.407 e. The first-order valence-corrected chi connectivity index (χ1v) is 9.61. The second kappa shape index (κ2) is 9.53. The van der Waals surface area contributed by atoms with Crippen LogP contribution in [0.1, 0.15) is 54.9 Å². The molecule has 7 heteroatoms. The van der Waals surface area contributed by atoms with Crippen LogP contribution in [0, 0.1) is 5.92 Å². The Labute approximate surface area is 134 Å². The van der Waals surface area contributed by atoms with Gasteiger partial charge in [0.15, 0.2) is 0 Å². The first-order chi connectivity index (χ1) is 10.0. The molecule has 0 aliphatic carbocycles. The molecule has 22 heavy (non-hydrogen) atoms. The quantitative estimate of drug-likeness (QED) is 0.639. The summed E-state index contributed by atoms with van der Waals surface area (Å²) in [5.41, 5.74) is -0.573. The van der Waals surface area contributed by atoms with Crippen LogP contribution >= 0.6 is 7.60 Å². The molecule has 0 spiro atoms. The minimum Gasteiger partial charge on any atom is -0.444 e. The van der Waals surface area contributed by atoms with Gasteiger partial charge >= 0.3 is 13.7 Å². The first kappa shape index (κ1) is 21.4. The van der Waals surface area contributed by atoms with Crippen LogP contribution in [0.4, 0.5) is 4.79 Å². The molecule has 0 aliphatic heterocycles. The van der Waals surface area contributed by atoms with E-state index in [0.717, 1.165) is 0 Å². The maximum atomic E-state index is 12.6. The van der Waals surface area contributed by atoms with Gasteiger partial charge in [0.05, 0.1) is 19.4 Å². The molecule has 6 nitrogen and oxygen atoms in total. The molecule has 0 bridgehead atoms. The van der Waals surface area contributed by atoms with Crippen LogP contribution < -0.4 is 5.32 Å². The summed E-state index contributed by atoms with van der Waals surface area (Å²) < 4.78 is 28.5. The molecule has 0 saturated heterocycles. The number of amides is 1. The molecule has 0 heterocycles. The van der Waals surface area contributed by atoms with Crippen LogP contribution in [0.3, 0.4) is 0 Å². The highest BCUT2D eigenvalue weighted by Gasteiger charge is 2.30. The Hall–Kier alpha value is -0.580. The van der Waals surface area contributed by atoms with Crippen LogP contribution in [-0.4, -0.2) is 37.1 Å². The number of ether oxygens (including phenoxy) is 1. The zero-order valence-corrected chi connectivity index (χ0v) is 15.9. The molecule has 0 rings (SSSR count). The van der Waals surface area contributed by atoms with Crippen molar-refractivity contribution in [2.24, 2.45) is 5.92 Å². The summed E-state index contributed by atoms with van der Waals surface area (Å²) in [5, 5.41) is 2.78. The average Bonchev–Trinajstić information content (AvgIpc) is 2.24. The zero-order chi connectivity index (χ0) is 17.4. The van der Waals surface area contributed by atoms with Crippen molar-refractivity contribution in [1.29, 1.82) is 0 Å². The van der Waals surface area contributed by atoms with Crippen LogP contribution in [-0.2, 0) is 18.3 Å². The predicted octanol–water partition coefficient (Wildman–Crippen LogP) is 4.19. The Morgan fingerprint density at radius 3 is 2.00 bits per heavy atom. The lowest BCUT2D eigenvalue weighted by molar-refractivity contribution is 0.0503. The molecule has 1 amide bonds. The largest absolute Gasteiger partial charge is 0.444 e. The van der Waals surface area contributed by atoms with Gasteiger partial charge in [-0.05, 0) is 47.0 Å². The molecule has 0 saturated carbocycles. The van der Waals surface area contributed by atoms with Gasteiger partial charge in [-0.15, -0.1) is 0 Å². The third-order valence-corrected chi connectivity index (χ3v) is 4.76. The molecule has 0 aliphatic rings. The Bertz CT molecular complexity index is 369. The van der Waals surface area contributed by atoms with E-state index in [1.807, 2.05) is 13.8 Å². The Morgan fingerprint density at radius 2 is 1.64 bits per heavy atom. The number of nitrogens with one attached hydrogen (secondary N) is 1. The number of carbonyl (C=O) groups is 1. The highest BCUT2D eigenvalue weighted by Crippen LogP contribution is 2.49. The molecule has 0 radical (unpaired) electrons. The van der Waals surface area contributed by atoms with E-state index in [1.54, 1.807) is 34.6 Å². The van der Waals surface area contributed by atoms with Gasteiger partial charge in [0, 0.05) is 6.04 Å². The van der Waals surface area contributed by atoms with Crippen molar-refractivity contribution >= 4 is 13.7 Å². The van der Waals surface area contributed by atoms with Gasteiger partial charge in [-0.3, -0.25) is 4.57 Å². The summed E-state index contributed by atoms with van der Waals surface area (Å²) in [6.07, 6.45) is 0.299. The lowest BCUT2D eigenvalue weighted by Gasteiger charge is -2.27. The molecule has 0 aromatic heterocycles. The number of carbonyl (C=O) groups excluding carboxylic acids is 1. The minimum atomic E-state index is -3.21. The molecule has 0 unspecified atom stereocenters. The molecule has 1 N–H and O–H groups in total. The lowest BCUT2D eigenvalue weighted by Crippen LogP contribution is -2.41. The topological polar surface area (TPSA) is 73.9 Å². The fraction of sp³-hybridized carbons (Fsp3) is 0.933. The van der Waals surface area contributed by atoms with Gasteiger partial charge in [-0.25, -0.2) is 4.79 Å². The van der Waals surface area contributed by atoms with E-state index in [-0.39, 0.29) is 12.2 Å². The monoisotopic (exact) mass is 337 g/mol. The van der Waals surface area contributed by atoms with Gasteiger partial charge < -0.3 is 19.1 Å². The maximum Gasteiger partial charge on any atom is 0.407 e. The van der Waals surface area contributed by atoms with E-state index in [9.17, 15) is 9.36 Å². The molecule has 1 atom stereocenters. The summed E-state index contributed by atoms with van der Waals surface area (Å²) in [6, 6.07) is -0.321. The van der Waals surface area contributed by atoms with Crippen molar-refractivity contribution in [2.75, 3.05) is 19.4 Å². The van der Waals surface area contributed by atoms with Crippen molar-refractivity contribution < 1.29 is 23.1 Å². The Kier molecular flexibility index (Phi) is 9.28. The molecule has 0 aromatic rings. The van der Waals surface area contributed by atoms with Crippen LogP contribution in [0.2, 0.25) is 0 Å². The van der Waals surface area contributed by atoms with Crippen molar-refractivity contribution in [1.82, 2.24) is 5.32 Å². The van der Waals surface area contributed by atoms with Crippen LogP contribution in [0.15, 0.2) is 0 Å². The highest BCUT2D eigenvalue weighted by molar-refractivity contribution is 7.53. The zero-order valence-electron chi connectivity index (χ0n) is 15.0. The Morgan fingerprint density at radius 1 is 1.14 bits per heavy atom. The average molecular weight is 337 g/mol. The molecule has 132 valence electrons. The van der Waals surface area contributed by atoms with E-state index in [2.05, 4.69) is 5.32 Å². The highest BCUT2D eigenvalue weighted by atomic mass is 31.2. The first-order valence-electron chi connectivity index (χ1n) is 7.89. The van der Waals surface area contributed by atoms with E-state index < -0.39 is 19.3 Å². The summed E-state index contributed by atoms with van der Waals surface area (Å²) in [6.45, 7) is 13.6. The van der Waals surface area contributed by atoms with Gasteiger partial charge in [0.1, 0.15) is 5.60 Å². The standard InChI is InChI=1S/C15H32NO5P/c1-8-19-22(18,20-9-2)11-13(10-12(3)4)16-14(17)21-15(5,6)7/h12-13H,8-11H2,1-7H3,(H,16,17)/t13-/m1/s1. The molecular formula is C15H32NO5P. The predicted molar refractivity (Wildman–Crippen MR) is 88.3 cm³/mol. The second-order valence-corrected chi connectivity index (χ2v) is 8.71. The summed E-state index contributed by atoms with van der Waals surface area (Å²) in [7, 11) is -3.21. The van der Waals surface area contributed by atoms with E-state index in [4.69, 9.17) is 13.8 Å². The summed E-state index contributed by atoms with van der Waals surface area (Å²) in [4.78, 5) is 11.9. The minimum absolute atomic E-state index is 0.145. The van der Waals surface area contributed by atoms with Crippen LogP contribution in [0.25, 0.3) is 0 Å². The number of rotatable bonds is 9. The maximum absolute atomic E-state index is 12.6. The van der Waals surface area contributed by atoms with Crippen molar-refractivity contribution in [2.45, 2.75) is 66.5 Å². The van der Waals surface area contributed by atoms with Gasteiger partial charge in [-0.1, -0.05) is 13.8 Å². The van der Waals surface area contributed by atoms with E-state index >= 15 is 0 Å². The molecular weight excluding hydrogens is 305 g/mol. The number of hydrogen-bond acceptors (Lipinski definition) is 5. The fourth-order valence-electron chi connectivity index (χ4n) is 2.03. The van der Waals surface area contributed by atoms with E-state index in [1.165, 1.54) is 0 Å². The van der Waals surface area contributed by atoms with Gasteiger partial charge in [-0.2, -0.15) is 0 Å². The summed E-state index contributed by atoms with van der Waals surface area (Å²) >= 11 is 0. The van der Waals surface area contributed by atoms with Crippen LogP contribution in [0.5, 0.6) is 0 Å². The van der Waals surface area contributed by atoms with E-state index in [0.29, 0.717) is 25.6 Å². The molecule has 0 fully saturated rings. The number of hydrogen-bond donors (Lipinski definition) is 1. The normalized spacial score (nSPS) is 14.0. The Balaban J connectivity index is 4.89. The van der Waals surface area contributed by atoms with Gasteiger partial charge in [0.2, 0.25) is 0 Å². The van der Waals surface area contributed by atoms with Crippen molar-refractivity contribution in [3.8, 4) is 0 Å².